The van der Waals surface area contributed by atoms with E-state index in [1.165, 1.54) is 6.07 Å². The summed E-state index contributed by atoms with van der Waals surface area (Å²) in [6.07, 6.45) is 1.07. The number of nitrogens with one attached hydrogen (secondary N) is 1. The number of hydrogen-bond donors (Lipinski definition) is 1. The van der Waals surface area contributed by atoms with Crippen LogP contribution in [0.3, 0.4) is 0 Å². The maximum Gasteiger partial charge on any atom is 0.269 e. The maximum absolute atomic E-state index is 10.6. The Kier molecular flexibility index (Phi) is 5.59. The van der Waals surface area contributed by atoms with Crippen molar-refractivity contribution in [3.8, 4) is 0 Å². The minimum Gasteiger partial charge on any atom is -0.320 e. The molecule has 0 aromatic heterocycles. The van der Waals surface area contributed by atoms with Crippen molar-refractivity contribution in [1.29, 1.82) is 0 Å². The molecule has 94 valence electrons. The molecule has 0 atom stereocenters. The molecule has 5 nitrogen and oxygen atoms in total. The fourth-order valence-electron chi connectivity index (χ4n) is 1.68. The van der Waals surface area contributed by atoms with Gasteiger partial charge in [-0.15, -0.1) is 0 Å². The molecular formula is C12H19N3O2. The molecule has 0 saturated carbocycles. The Bertz CT molecular complexity index is 369. The third kappa shape index (κ3) is 4.93. The van der Waals surface area contributed by atoms with Crippen LogP contribution in [0.4, 0.5) is 5.69 Å². The third-order valence-electron chi connectivity index (χ3n) is 2.54. The van der Waals surface area contributed by atoms with E-state index in [1.807, 2.05) is 20.2 Å². The lowest BCUT2D eigenvalue weighted by Crippen LogP contribution is -2.22. The first kappa shape index (κ1) is 13.6. The van der Waals surface area contributed by atoms with Gasteiger partial charge < -0.3 is 10.2 Å². The quantitative estimate of drug-likeness (QED) is 0.445. The van der Waals surface area contributed by atoms with Gasteiger partial charge in [0.05, 0.1) is 4.92 Å². The molecule has 1 rings (SSSR count). The fraction of sp³-hybridized carbons (Fsp3) is 0.500. The molecule has 0 amide bonds. The molecule has 1 N–H and O–H groups in total. The van der Waals surface area contributed by atoms with Crippen molar-refractivity contribution >= 4 is 5.69 Å². The largest absolute Gasteiger partial charge is 0.320 e. The lowest BCUT2D eigenvalue weighted by Gasteiger charge is -2.16. The monoisotopic (exact) mass is 237 g/mol. The van der Waals surface area contributed by atoms with E-state index in [9.17, 15) is 10.1 Å². The summed E-state index contributed by atoms with van der Waals surface area (Å²) in [5.74, 6) is 0. The Morgan fingerprint density at radius 3 is 2.88 bits per heavy atom. The second-order valence-electron chi connectivity index (χ2n) is 4.12. The van der Waals surface area contributed by atoms with Gasteiger partial charge in [-0.25, -0.2) is 0 Å². The van der Waals surface area contributed by atoms with Gasteiger partial charge in [0.25, 0.3) is 5.69 Å². The summed E-state index contributed by atoms with van der Waals surface area (Å²) in [5.41, 5.74) is 1.14. The van der Waals surface area contributed by atoms with Crippen LogP contribution < -0.4 is 5.32 Å². The van der Waals surface area contributed by atoms with Crippen LogP contribution in [0.25, 0.3) is 0 Å². The Morgan fingerprint density at radius 2 is 2.24 bits per heavy atom. The normalized spacial score (nSPS) is 10.8. The molecule has 1 aromatic rings. The highest BCUT2D eigenvalue weighted by Crippen LogP contribution is 2.14. The van der Waals surface area contributed by atoms with Crippen molar-refractivity contribution in [2.45, 2.75) is 13.0 Å². The number of nitro benzene ring substituents is 1. The van der Waals surface area contributed by atoms with Crippen molar-refractivity contribution in [2.24, 2.45) is 0 Å². The van der Waals surface area contributed by atoms with E-state index in [2.05, 4.69) is 10.2 Å². The molecule has 1 aromatic carbocycles. The number of nitro groups is 1. The lowest BCUT2D eigenvalue weighted by molar-refractivity contribution is -0.384. The average molecular weight is 237 g/mol. The van der Waals surface area contributed by atoms with Crippen molar-refractivity contribution in [1.82, 2.24) is 10.2 Å². The molecule has 0 aliphatic heterocycles. The molecule has 0 aliphatic rings. The van der Waals surface area contributed by atoms with Crippen LogP contribution >= 0.6 is 0 Å². The van der Waals surface area contributed by atoms with Gasteiger partial charge in [0.2, 0.25) is 0 Å². The van der Waals surface area contributed by atoms with Crippen molar-refractivity contribution in [3.63, 3.8) is 0 Å². The van der Waals surface area contributed by atoms with Crippen LogP contribution in [-0.2, 0) is 6.54 Å². The lowest BCUT2D eigenvalue weighted by atomic mass is 10.2. The second kappa shape index (κ2) is 6.98. The smallest absolute Gasteiger partial charge is 0.269 e. The first-order valence-electron chi connectivity index (χ1n) is 5.70. The summed E-state index contributed by atoms with van der Waals surface area (Å²) >= 11 is 0. The van der Waals surface area contributed by atoms with Gasteiger partial charge in [-0.2, -0.15) is 0 Å². The molecule has 0 spiro atoms. The highest BCUT2D eigenvalue weighted by atomic mass is 16.6. The van der Waals surface area contributed by atoms with Crippen molar-refractivity contribution in [3.05, 3.63) is 39.9 Å². The van der Waals surface area contributed by atoms with Gasteiger partial charge in [-0.05, 0) is 39.2 Å². The number of hydrogen-bond acceptors (Lipinski definition) is 4. The Hall–Kier alpha value is -1.46. The molecule has 0 heterocycles. The van der Waals surface area contributed by atoms with E-state index in [4.69, 9.17) is 0 Å². The topological polar surface area (TPSA) is 58.4 Å². The number of rotatable bonds is 7. The van der Waals surface area contributed by atoms with Crippen LogP contribution in [0.2, 0.25) is 0 Å². The third-order valence-corrected chi connectivity index (χ3v) is 2.54. The van der Waals surface area contributed by atoms with E-state index in [0.717, 1.165) is 31.6 Å². The number of nitrogens with zero attached hydrogens (tertiary/aromatic N) is 2. The van der Waals surface area contributed by atoms with Gasteiger partial charge >= 0.3 is 0 Å². The average Bonchev–Trinajstić information content (AvgIpc) is 2.29. The van der Waals surface area contributed by atoms with Gasteiger partial charge in [0, 0.05) is 18.7 Å². The Morgan fingerprint density at radius 1 is 1.47 bits per heavy atom. The van der Waals surface area contributed by atoms with E-state index >= 15 is 0 Å². The van der Waals surface area contributed by atoms with E-state index in [1.54, 1.807) is 12.1 Å². The summed E-state index contributed by atoms with van der Waals surface area (Å²) < 4.78 is 0. The van der Waals surface area contributed by atoms with Gasteiger partial charge in [-0.3, -0.25) is 10.1 Å². The molecule has 0 saturated heterocycles. The summed E-state index contributed by atoms with van der Waals surface area (Å²) in [5, 5.41) is 13.7. The molecule has 0 bridgehead atoms. The summed E-state index contributed by atoms with van der Waals surface area (Å²) in [6.45, 7) is 2.70. The van der Waals surface area contributed by atoms with Crippen LogP contribution in [0.15, 0.2) is 24.3 Å². The van der Waals surface area contributed by atoms with Crippen LogP contribution in [0, 0.1) is 10.1 Å². The summed E-state index contributed by atoms with van der Waals surface area (Å²) in [4.78, 5) is 12.4. The van der Waals surface area contributed by atoms with Gasteiger partial charge in [0.1, 0.15) is 0 Å². The predicted molar refractivity (Wildman–Crippen MR) is 68.0 cm³/mol. The summed E-state index contributed by atoms with van der Waals surface area (Å²) in [7, 11) is 3.95. The van der Waals surface area contributed by atoms with Gasteiger partial charge in [-0.1, -0.05) is 12.1 Å². The maximum atomic E-state index is 10.6. The Balaban J connectivity index is 2.50. The number of benzene rings is 1. The highest BCUT2D eigenvalue weighted by molar-refractivity contribution is 5.34. The van der Waals surface area contributed by atoms with Crippen LogP contribution in [0.1, 0.15) is 12.0 Å². The van der Waals surface area contributed by atoms with E-state index < -0.39 is 0 Å². The molecular weight excluding hydrogens is 218 g/mol. The highest BCUT2D eigenvalue weighted by Gasteiger charge is 2.07. The standard InChI is InChI=1S/C12H19N3O2/c1-13-7-4-8-14(2)10-11-5-3-6-12(9-11)15(16)17/h3,5-6,9,13H,4,7-8,10H2,1-2H3. The molecule has 17 heavy (non-hydrogen) atoms. The summed E-state index contributed by atoms with van der Waals surface area (Å²) in [6, 6.07) is 6.80. The SMILES string of the molecule is CNCCCN(C)Cc1cccc([N+](=O)[O-])c1. The Labute approximate surface area is 102 Å². The zero-order valence-corrected chi connectivity index (χ0v) is 10.3. The zero-order chi connectivity index (χ0) is 12.7. The minimum atomic E-state index is -0.357. The first-order chi connectivity index (χ1) is 8.13. The zero-order valence-electron chi connectivity index (χ0n) is 10.3. The molecule has 0 aliphatic carbocycles. The van der Waals surface area contributed by atoms with Crippen molar-refractivity contribution in [2.75, 3.05) is 27.2 Å². The van der Waals surface area contributed by atoms with Crippen LogP contribution in [-0.4, -0.2) is 37.0 Å². The van der Waals surface area contributed by atoms with Crippen molar-refractivity contribution < 1.29 is 4.92 Å². The predicted octanol–water partition coefficient (Wildman–Crippen LogP) is 1.64. The first-order valence-corrected chi connectivity index (χ1v) is 5.70. The van der Waals surface area contributed by atoms with Crippen LogP contribution in [0.5, 0.6) is 0 Å². The van der Waals surface area contributed by atoms with Gasteiger partial charge in [0.15, 0.2) is 0 Å². The van der Waals surface area contributed by atoms with E-state index in [-0.39, 0.29) is 10.6 Å². The molecule has 5 heteroatoms. The number of non-ortho nitro benzene ring substituents is 1. The minimum absolute atomic E-state index is 0.158. The molecule has 0 fully saturated rings. The second-order valence-corrected chi connectivity index (χ2v) is 4.12. The molecule has 0 radical (unpaired) electrons. The molecule has 0 unspecified atom stereocenters. The van der Waals surface area contributed by atoms with E-state index in [0.29, 0.717) is 0 Å². The fourth-order valence-corrected chi connectivity index (χ4v) is 1.68.